The van der Waals surface area contributed by atoms with E-state index >= 15 is 0 Å². The predicted molar refractivity (Wildman–Crippen MR) is 136 cm³/mol. The second-order valence-corrected chi connectivity index (χ2v) is 11.6. The molecule has 1 spiro atoms. The fourth-order valence-corrected chi connectivity index (χ4v) is 5.78. The first-order chi connectivity index (χ1) is 15.6. The van der Waals surface area contributed by atoms with E-state index in [2.05, 4.69) is 102 Å². The second-order valence-electron chi connectivity index (χ2n) is 11.6. The van der Waals surface area contributed by atoms with E-state index < -0.39 is 0 Å². The van der Waals surface area contributed by atoms with E-state index in [1.165, 1.54) is 44.5 Å². The molecule has 2 aliphatic rings. The average Bonchev–Trinajstić information content (AvgIpc) is 3.24. The molecule has 2 aromatic heterocycles. The summed E-state index contributed by atoms with van der Waals surface area (Å²) in [6.45, 7) is 13.8. The first kappa shape index (κ1) is 20.4. The monoisotopic (exact) mass is 430 g/mol. The Morgan fingerprint density at radius 1 is 0.545 bits per heavy atom. The van der Waals surface area contributed by atoms with Crippen LogP contribution in [0.2, 0.25) is 0 Å². The second kappa shape index (κ2) is 6.41. The lowest BCUT2D eigenvalue weighted by molar-refractivity contribution is 0.586. The Kier molecular flexibility index (Phi) is 3.95. The zero-order valence-corrected chi connectivity index (χ0v) is 20.3. The summed E-state index contributed by atoms with van der Waals surface area (Å²) in [6, 6.07) is 22.9. The Hall–Kier alpha value is -3.26. The molecule has 0 amide bonds. The number of rotatable bonds is 0. The van der Waals surface area contributed by atoms with Crippen molar-refractivity contribution < 1.29 is 0 Å². The summed E-state index contributed by atoms with van der Waals surface area (Å²) in [4.78, 5) is 9.69. The fourth-order valence-electron chi connectivity index (χ4n) is 5.78. The molecule has 164 valence electrons. The van der Waals surface area contributed by atoms with E-state index in [0.29, 0.717) is 0 Å². The number of pyridine rings is 2. The summed E-state index contributed by atoms with van der Waals surface area (Å²) in [6.07, 6.45) is 3.79. The number of hydrogen-bond acceptors (Lipinski definition) is 2. The van der Waals surface area contributed by atoms with Gasteiger partial charge in [-0.15, -0.1) is 0 Å². The van der Waals surface area contributed by atoms with Crippen molar-refractivity contribution in [2.45, 2.75) is 57.8 Å². The molecule has 2 heteroatoms. The van der Waals surface area contributed by atoms with E-state index in [4.69, 9.17) is 9.97 Å². The number of aromatic nitrogens is 2. The van der Waals surface area contributed by atoms with Crippen LogP contribution in [0, 0.1) is 0 Å². The molecule has 2 aromatic carbocycles. The molecule has 0 saturated carbocycles. The van der Waals surface area contributed by atoms with Gasteiger partial charge >= 0.3 is 0 Å². The summed E-state index contributed by atoms with van der Waals surface area (Å²) >= 11 is 0. The van der Waals surface area contributed by atoms with E-state index in [0.717, 1.165) is 11.4 Å². The molecule has 0 aliphatic heterocycles. The van der Waals surface area contributed by atoms with Crippen LogP contribution < -0.4 is 0 Å². The number of benzene rings is 2. The average molecular weight is 431 g/mol. The van der Waals surface area contributed by atoms with E-state index in [1.807, 2.05) is 12.4 Å². The van der Waals surface area contributed by atoms with Crippen molar-refractivity contribution in [2.24, 2.45) is 0 Å². The largest absolute Gasteiger partial charge is 0.254 e. The molecular weight excluding hydrogens is 400 g/mol. The van der Waals surface area contributed by atoms with Crippen molar-refractivity contribution >= 4 is 0 Å². The van der Waals surface area contributed by atoms with Gasteiger partial charge in [0.05, 0.1) is 16.8 Å². The van der Waals surface area contributed by atoms with Crippen LogP contribution in [-0.4, -0.2) is 9.97 Å². The fraction of sp³-hybridized carbons (Fsp3) is 0.290. The molecule has 0 bridgehead atoms. The summed E-state index contributed by atoms with van der Waals surface area (Å²) in [5.41, 5.74) is 12.3. The Labute approximate surface area is 196 Å². The third-order valence-corrected chi connectivity index (χ3v) is 7.52. The first-order valence-electron chi connectivity index (χ1n) is 11.9. The Morgan fingerprint density at radius 2 is 0.970 bits per heavy atom. The highest BCUT2D eigenvalue weighted by atomic mass is 14.8. The maximum Gasteiger partial charge on any atom is 0.0937 e. The molecule has 2 aliphatic carbocycles. The molecule has 0 saturated heterocycles. The lowest BCUT2D eigenvalue weighted by Gasteiger charge is -2.32. The van der Waals surface area contributed by atoms with Crippen LogP contribution in [0.25, 0.3) is 22.5 Å². The van der Waals surface area contributed by atoms with Gasteiger partial charge in [0.2, 0.25) is 0 Å². The Bertz CT molecular complexity index is 1320. The van der Waals surface area contributed by atoms with Gasteiger partial charge in [-0.05, 0) is 67.5 Å². The maximum atomic E-state index is 4.85. The lowest BCUT2D eigenvalue weighted by atomic mass is 9.69. The van der Waals surface area contributed by atoms with Gasteiger partial charge < -0.3 is 0 Å². The van der Waals surface area contributed by atoms with Crippen molar-refractivity contribution in [3.63, 3.8) is 0 Å². The first-order valence-corrected chi connectivity index (χ1v) is 11.9. The molecule has 0 fully saturated rings. The van der Waals surface area contributed by atoms with Gasteiger partial charge in [-0.25, -0.2) is 0 Å². The molecule has 0 atom stereocenters. The van der Waals surface area contributed by atoms with E-state index in [1.54, 1.807) is 0 Å². The van der Waals surface area contributed by atoms with Crippen molar-refractivity contribution in [1.29, 1.82) is 0 Å². The molecule has 6 rings (SSSR count). The van der Waals surface area contributed by atoms with Crippen molar-refractivity contribution in [1.82, 2.24) is 9.97 Å². The molecule has 0 radical (unpaired) electrons. The lowest BCUT2D eigenvalue weighted by Crippen LogP contribution is -2.27. The summed E-state index contributed by atoms with van der Waals surface area (Å²) in [5, 5.41) is 0. The van der Waals surface area contributed by atoms with Crippen LogP contribution in [-0.2, 0) is 16.2 Å². The quantitative estimate of drug-likeness (QED) is 0.251. The summed E-state index contributed by atoms with van der Waals surface area (Å²) < 4.78 is 0. The van der Waals surface area contributed by atoms with Crippen molar-refractivity contribution in [3.8, 4) is 22.5 Å². The molecular formula is C31H30N2. The van der Waals surface area contributed by atoms with Crippen LogP contribution in [0.3, 0.4) is 0 Å². The molecule has 0 N–H and O–H groups in total. The minimum atomic E-state index is -0.389. The van der Waals surface area contributed by atoms with Gasteiger partial charge in [-0.3, -0.25) is 9.97 Å². The van der Waals surface area contributed by atoms with Crippen molar-refractivity contribution in [2.75, 3.05) is 0 Å². The standard InChI is InChI=1S/C31H30N2/c1-29(2,3)19-11-13-21-22-14-12-20(30(4,5)6)18-26(22)31(25(21)17-19)23-9-7-15-32-27(23)28-24(31)10-8-16-33-28/h7-18H,1-6H3. The highest BCUT2D eigenvalue weighted by Crippen LogP contribution is 2.62. The van der Waals surface area contributed by atoms with Gasteiger partial charge in [0.15, 0.2) is 0 Å². The molecule has 2 heterocycles. The van der Waals surface area contributed by atoms with Gasteiger partial charge in [-0.2, -0.15) is 0 Å². The third kappa shape index (κ3) is 2.61. The van der Waals surface area contributed by atoms with Gasteiger partial charge in [0.25, 0.3) is 0 Å². The van der Waals surface area contributed by atoms with Crippen LogP contribution in [0.15, 0.2) is 73.1 Å². The summed E-state index contributed by atoms with van der Waals surface area (Å²) in [7, 11) is 0. The predicted octanol–water partition coefficient (Wildman–Crippen LogP) is 7.42. The summed E-state index contributed by atoms with van der Waals surface area (Å²) in [5.74, 6) is 0. The molecule has 0 unspecified atom stereocenters. The highest BCUT2D eigenvalue weighted by molar-refractivity contribution is 5.93. The van der Waals surface area contributed by atoms with Gasteiger partial charge in [0.1, 0.15) is 0 Å². The van der Waals surface area contributed by atoms with E-state index in [-0.39, 0.29) is 16.2 Å². The minimum Gasteiger partial charge on any atom is -0.254 e. The number of fused-ring (bicyclic) bond motifs is 10. The van der Waals surface area contributed by atoms with Crippen LogP contribution in [0.4, 0.5) is 0 Å². The molecule has 4 aromatic rings. The SMILES string of the molecule is CC(C)(C)c1ccc2c(c1)C1(c3cc(C(C)(C)C)ccc3-2)c2cccnc2-c2ncccc21. The van der Waals surface area contributed by atoms with E-state index in [9.17, 15) is 0 Å². The zero-order valence-electron chi connectivity index (χ0n) is 20.3. The number of hydrogen-bond donors (Lipinski definition) is 0. The zero-order chi connectivity index (χ0) is 23.2. The molecule has 2 nitrogen and oxygen atoms in total. The van der Waals surface area contributed by atoms with Crippen molar-refractivity contribution in [3.05, 3.63) is 106 Å². The normalized spacial score (nSPS) is 15.2. The van der Waals surface area contributed by atoms with Crippen LogP contribution in [0.5, 0.6) is 0 Å². The number of nitrogens with zero attached hydrogens (tertiary/aromatic N) is 2. The third-order valence-electron chi connectivity index (χ3n) is 7.52. The maximum absolute atomic E-state index is 4.85. The highest BCUT2D eigenvalue weighted by Gasteiger charge is 2.53. The Morgan fingerprint density at radius 3 is 1.36 bits per heavy atom. The van der Waals surface area contributed by atoms with Crippen LogP contribution in [0.1, 0.15) is 74.9 Å². The topological polar surface area (TPSA) is 25.8 Å². The van der Waals surface area contributed by atoms with Gasteiger partial charge in [0, 0.05) is 12.4 Å². The van der Waals surface area contributed by atoms with Gasteiger partial charge in [-0.1, -0.05) is 90.1 Å². The Balaban J connectivity index is 1.80. The van der Waals surface area contributed by atoms with Crippen LogP contribution >= 0.6 is 0 Å². The smallest absolute Gasteiger partial charge is 0.0937 e. The minimum absolute atomic E-state index is 0.0652. The molecule has 33 heavy (non-hydrogen) atoms.